The van der Waals surface area contributed by atoms with Crippen molar-refractivity contribution in [3.8, 4) is 0 Å². The van der Waals surface area contributed by atoms with E-state index in [4.69, 9.17) is 0 Å². The van der Waals surface area contributed by atoms with E-state index in [0.717, 1.165) is 25.7 Å². The molecule has 3 N–H and O–H groups in total. The highest BCUT2D eigenvalue weighted by atomic mass is 16.4. The Bertz CT molecular complexity index is 321. The van der Waals surface area contributed by atoms with Crippen LogP contribution in [0.3, 0.4) is 0 Å². The molecule has 1 rings (SSSR count). The molecule has 0 aliphatic heterocycles. The van der Waals surface area contributed by atoms with E-state index < -0.39 is 17.6 Å². The summed E-state index contributed by atoms with van der Waals surface area (Å²) in [7, 11) is 0. The van der Waals surface area contributed by atoms with Gasteiger partial charge in [0.1, 0.15) is 5.54 Å². The standard InChI is InChI=1S/C14H26N2O3/c1-4-14(5-2,13(18)19)16-10(3)12(17)15-11-8-6-7-9-11/h10-11,16H,4-9H2,1-3H3,(H,15,17)(H,18,19). The van der Waals surface area contributed by atoms with Gasteiger partial charge in [-0.3, -0.25) is 14.9 Å². The summed E-state index contributed by atoms with van der Waals surface area (Å²) in [5, 5.41) is 15.3. The maximum absolute atomic E-state index is 12.1. The highest BCUT2D eigenvalue weighted by Crippen LogP contribution is 2.19. The van der Waals surface area contributed by atoms with Crippen molar-refractivity contribution in [2.75, 3.05) is 0 Å². The fourth-order valence-corrected chi connectivity index (χ4v) is 2.69. The minimum Gasteiger partial charge on any atom is -0.480 e. The average Bonchev–Trinajstić information content (AvgIpc) is 2.88. The van der Waals surface area contributed by atoms with Crippen LogP contribution in [0, 0.1) is 0 Å². The fraction of sp³-hybridized carbons (Fsp3) is 0.857. The summed E-state index contributed by atoms with van der Waals surface area (Å²) in [5.74, 6) is -0.988. The van der Waals surface area contributed by atoms with Crippen LogP contribution >= 0.6 is 0 Å². The van der Waals surface area contributed by atoms with Crippen molar-refractivity contribution in [2.45, 2.75) is 76.9 Å². The molecule has 110 valence electrons. The van der Waals surface area contributed by atoms with Crippen molar-refractivity contribution in [1.82, 2.24) is 10.6 Å². The van der Waals surface area contributed by atoms with E-state index in [-0.39, 0.29) is 11.9 Å². The molecule has 1 amide bonds. The Balaban J connectivity index is 2.58. The number of carboxylic acid groups (broad SMARTS) is 1. The van der Waals surface area contributed by atoms with Gasteiger partial charge < -0.3 is 10.4 Å². The summed E-state index contributed by atoms with van der Waals surface area (Å²) in [6.07, 6.45) is 5.30. The van der Waals surface area contributed by atoms with Crippen LogP contribution in [0.2, 0.25) is 0 Å². The van der Waals surface area contributed by atoms with Crippen molar-refractivity contribution in [1.29, 1.82) is 0 Å². The van der Waals surface area contributed by atoms with Crippen LogP contribution in [-0.2, 0) is 9.59 Å². The molecule has 0 bridgehead atoms. The third-order valence-corrected chi connectivity index (χ3v) is 4.20. The van der Waals surface area contributed by atoms with Gasteiger partial charge in [0.2, 0.25) is 5.91 Å². The number of carbonyl (C=O) groups is 2. The van der Waals surface area contributed by atoms with E-state index in [2.05, 4.69) is 10.6 Å². The van der Waals surface area contributed by atoms with E-state index in [9.17, 15) is 14.7 Å². The number of hydrogen-bond donors (Lipinski definition) is 3. The van der Waals surface area contributed by atoms with Crippen LogP contribution in [0.4, 0.5) is 0 Å². The highest BCUT2D eigenvalue weighted by molar-refractivity contribution is 5.84. The molecule has 0 aromatic rings. The molecule has 5 nitrogen and oxygen atoms in total. The molecule has 0 aromatic carbocycles. The van der Waals surface area contributed by atoms with Crippen molar-refractivity contribution >= 4 is 11.9 Å². The van der Waals surface area contributed by atoms with Gasteiger partial charge in [-0.2, -0.15) is 0 Å². The number of carboxylic acids is 1. The number of carbonyl (C=O) groups excluding carboxylic acids is 1. The Labute approximate surface area is 115 Å². The fourth-order valence-electron chi connectivity index (χ4n) is 2.69. The summed E-state index contributed by atoms with van der Waals surface area (Å²) in [6.45, 7) is 5.38. The second-order valence-electron chi connectivity index (χ2n) is 5.45. The second-order valence-corrected chi connectivity index (χ2v) is 5.45. The van der Waals surface area contributed by atoms with Gasteiger partial charge in [-0.1, -0.05) is 26.7 Å². The lowest BCUT2D eigenvalue weighted by molar-refractivity contribution is -0.146. The molecule has 5 heteroatoms. The molecule has 1 saturated carbocycles. The van der Waals surface area contributed by atoms with E-state index in [0.29, 0.717) is 12.8 Å². The van der Waals surface area contributed by atoms with Crippen LogP contribution < -0.4 is 10.6 Å². The van der Waals surface area contributed by atoms with Gasteiger partial charge in [-0.05, 0) is 32.6 Å². The molecule has 0 spiro atoms. The van der Waals surface area contributed by atoms with Gasteiger partial charge in [0.15, 0.2) is 0 Å². The first-order chi connectivity index (χ1) is 8.95. The summed E-state index contributed by atoms with van der Waals surface area (Å²) in [4.78, 5) is 23.5. The Hall–Kier alpha value is -1.10. The molecule has 0 saturated heterocycles. The first kappa shape index (κ1) is 16.0. The molecular weight excluding hydrogens is 244 g/mol. The lowest BCUT2D eigenvalue weighted by Crippen LogP contribution is -2.58. The van der Waals surface area contributed by atoms with Crippen molar-refractivity contribution in [3.05, 3.63) is 0 Å². The SMILES string of the molecule is CCC(CC)(NC(C)C(=O)NC1CCCC1)C(=O)O. The summed E-state index contributed by atoms with van der Waals surface area (Å²) >= 11 is 0. The largest absolute Gasteiger partial charge is 0.480 e. The molecule has 1 aliphatic rings. The topological polar surface area (TPSA) is 78.4 Å². The Kier molecular flexibility index (Phi) is 5.79. The molecule has 0 aromatic heterocycles. The number of rotatable bonds is 7. The third-order valence-electron chi connectivity index (χ3n) is 4.20. The van der Waals surface area contributed by atoms with E-state index in [1.807, 2.05) is 13.8 Å². The molecular formula is C14H26N2O3. The maximum atomic E-state index is 12.1. The summed E-state index contributed by atoms with van der Waals surface area (Å²) in [5.41, 5.74) is -1.01. The molecule has 19 heavy (non-hydrogen) atoms. The lowest BCUT2D eigenvalue weighted by atomic mass is 9.92. The number of amides is 1. The van der Waals surface area contributed by atoms with Crippen LogP contribution in [0.25, 0.3) is 0 Å². The smallest absolute Gasteiger partial charge is 0.323 e. The first-order valence-electron chi connectivity index (χ1n) is 7.26. The zero-order valence-electron chi connectivity index (χ0n) is 12.2. The molecule has 1 aliphatic carbocycles. The van der Waals surface area contributed by atoms with Gasteiger partial charge in [0.25, 0.3) is 0 Å². The van der Waals surface area contributed by atoms with E-state index in [1.54, 1.807) is 6.92 Å². The van der Waals surface area contributed by atoms with Gasteiger partial charge in [-0.25, -0.2) is 0 Å². The number of aliphatic carboxylic acids is 1. The first-order valence-corrected chi connectivity index (χ1v) is 7.26. The van der Waals surface area contributed by atoms with Crippen molar-refractivity contribution < 1.29 is 14.7 Å². The van der Waals surface area contributed by atoms with Gasteiger partial charge in [0, 0.05) is 6.04 Å². The average molecular weight is 270 g/mol. The van der Waals surface area contributed by atoms with Gasteiger partial charge in [0.05, 0.1) is 6.04 Å². The Morgan fingerprint density at radius 3 is 2.21 bits per heavy atom. The van der Waals surface area contributed by atoms with Gasteiger partial charge >= 0.3 is 5.97 Å². The molecule has 1 fully saturated rings. The van der Waals surface area contributed by atoms with Crippen LogP contribution in [0.5, 0.6) is 0 Å². The zero-order valence-corrected chi connectivity index (χ0v) is 12.2. The summed E-state index contributed by atoms with van der Waals surface area (Å²) in [6, 6.07) is -0.226. The molecule has 0 heterocycles. The monoisotopic (exact) mass is 270 g/mol. The Morgan fingerprint density at radius 2 is 1.79 bits per heavy atom. The number of nitrogens with one attached hydrogen (secondary N) is 2. The molecule has 0 radical (unpaired) electrons. The zero-order chi connectivity index (χ0) is 14.5. The van der Waals surface area contributed by atoms with Crippen molar-refractivity contribution in [2.24, 2.45) is 0 Å². The predicted octanol–water partition coefficient (Wildman–Crippen LogP) is 1.67. The molecule has 1 unspecified atom stereocenters. The summed E-state index contributed by atoms with van der Waals surface area (Å²) < 4.78 is 0. The van der Waals surface area contributed by atoms with Gasteiger partial charge in [-0.15, -0.1) is 0 Å². The minimum absolute atomic E-state index is 0.0978. The normalized spacial score (nSPS) is 18.3. The lowest BCUT2D eigenvalue weighted by Gasteiger charge is -2.31. The van der Waals surface area contributed by atoms with Crippen LogP contribution in [0.1, 0.15) is 59.3 Å². The minimum atomic E-state index is -1.01. The number of hydrogen-bond acceptors (Lipinski definition) is 3. The molecule has 1 atom stereocenters. The maximum Gasteiger partial charge on any atom is 0.323 e. The predicted molar refractivity (Wildman–Crippen MR) is 73.9 cm³/mol. The van der Waals surface area contributed by atoms with Crippen molar-refractivity contribution in [3.63, 3.8) is 0 Å². The van der Waals surface area contributed by atoms with Crippen LogP contribution in [0.15, 0.2) is 0 Å². The van der Waals surface area contributed by atoms with Crippen LogP contribution in [-0.4, -0.2) is 34.6 Å². The van der Waals surface area contributed by atoms with E-state index in [1.165, 1.54) is 0 Å². The Morgan fingerprint density at radius 1 is 1.26 bits per heavy atom. The van der Waals surface area contributed by atoms with E-state index >= 15 is 0 Å². The second kappa shape index (κ2) is 6.89. The quantitative estimate of drug-likeness (QED) is 0.657. The highest BCUT2D eigenvalue weighted by Gasteiger charge is 2.37. The third kappa shape index (κ3) is 3.93.